The molecule has 2 aliphatic heterocycles. The van der Waals surface area contributed by atoms with Gasteiger partial charge in [-0.2, -0.15) is 0 Å². The van der Waals surface area contributed by atoms with E-state index in [1.54, 1.807) is 0 Å². The molecule has 3 fully saturated rings. The van der Waals surface area contributed by atoms with Gasteiger partial charge in [0, 0.05) is 31.9 Å². The molecule has 0 bridgehead atoms. The lowest BCUT2D eigenvalue weighted by Crippen LogP contribution is -2.59. The van der Waals surface area contributed by atoms with E-state index >= 15 is 8.78 Å². The van der Waals surface area contributed by atoms with Gasteiger partial charge in [-0.3, -0.25) is 4.79 Å². The number of pyridine rings is 1. The Kier molecular flexibility index (Phi) is 4.45. The molecule has 9 nitrogen and oxygen atoms in total. The van der Waals surface area contributed by atoms with E-state index in [1.165, 1.54) is 16.6 Å². The van der Waals surface area contributed by atoms with Gasteiger partial charge >= 0.3 is 5.97 Å². The summed E-state index contributed by atoms with van der Waals surface area (Å²) in [6, 6.07) is -0.167. The fraction of sp³-hybridized carbons (Fsp3) is 0.476. The van der Waals surface area contributed by atoms with Crippen LogP contribution in [0.4, 0.5) is 20.2 Å². The van der Waals surface area contributed by atoms with Crippen LogP contribution in [0.3, 0.4) is 0 Å². The first-order chi connectivity index (χ1) is 15.2. The minimum absolute atomic E-state index is 0.154. The first-order valence-corrected chi connectivity index (χ1v) is 10.3. The molecule has 3 aliphatic rings. The molecule has 0 atom stereocenters. The second kappa shape index (κ2) is 6.89. The molecule has 2 aromatic rings. The molecule has 170 valence electrons. The minimum Gasteiger partial charge on any atom is -0.477 e. The van der Waals surface area contributed by atoms with Crippen LogP contribution in [-0.2, 0) is 4.84 Å². The highest BCUT2D eigenvalue weighted by Gasteiger charge is 2.52. The number of nitrogens with zero attached hydrogens (tertiary/aromatic N) is 4. The van der Waals surface area contributed by atoms with E-state index in [1.807, 2.05) is 7.05 Å². The van der Waals surface area contributed by atoms with E-state index in [2.05, 4.69) is 10.1 Å². The molecule has 3 N–H and O–H groups in total. The zero-order valence-electron chi connectivity index (χ0n) is 17.7. The number of aromatic carboxylic acids is 1. The lowest BCUT2D eigenvalue weighted by Gasteiger charge is -2.45. The van der Waals surface area contributed by atoms with Crippen molar-refractivity contribution in [3.63, 3.8) is 0 Å². The predicted molar refractivity (Wildman–Crippen MR) is 114 cm³/mol. The maximum atomic E-state index is 16.0. The standard InChI is InChI=1S/C21H23F2N5O4/c1-26-7-21(8-26)9-27(6-12(21)25-32-2)18-14(22)16(24)13-17(15(18)23)28(10-3-4-10)5-11(19(13)29)20(30)31/h5,10H,3-4,6-9,24H2,1-2H3,(H,30,31)/b25-12-. The summed E-state index contributed by atoms with van der Waals surface area (Å²) in [6.45, 7) is 1.82. The summed E-state index contributed by atoms with van der Waals surface area (Å²) in [5.74, 6) is -3.46. The van der Waals surface area contributed by atoms with Gasteiger partial charge in [0.25, 0.3) is 0 Å². The Bertz CT molecular complexity index is 1250. The van der Waals surface area contributed by atoms with Gasteiger partial charge in [-0.15, -0.1) is 0 Å². The number of carbonyl (C=O) groups is 1. The number of rotatable bonds is 4. The van der Waals surface area contributed by atoms with Crippen molar-refractivity contribution in [2.75, 3.05) is 51.0 Å². The number of hydrogen-bond acceptors (Lipinski definition) is 7. The number of halogens is 2. The number of nitrogen functional groups attached to an aromatic ring is 1. The third kappa shape index (κ3) is 2.80. The van der Waals surface area contributed by atoms with Crippen LogP contribution in [0.15, 0.2) is 16.1 Å². The highest BCUT2D eigenvalue weighted by Crippen LogP contribution is 2.45. The Balaban J connectivity index is 1.73. The van der Waals surface area contributed by atoms with Gasteiger partial charge < -0.3 is 30.0 Å². The SMILES string of the molecule is CO/N=C1/CN(c2c(F)c(N)c3c(=O)c(C(=O)O)cn(C4CC4)c3c2F)CC12CN(C)C2. The van der Waals surface area contributed by atoms with Crippen molar-refractivity contribution >= 4 is 34.0 Å². The summed E-state index contributed by atoms with van der Waals surface area (Å²) in [5, 5.41) is 13.1. The van der Waals surface area contributed by atoms with Gasteiger partial charge in [0.15, 0.2) is 11.6 Å². The van der Waals surface area contributed by atoms with Gasteiger partial charge in [-0.1, -0.05) is 5.16 Å². The smallest absolute Gasteiger partial charge is 0.341 e. The fourth-order valence-electron chi connectivity index (χ4n) is 5.15. The van der Waals surface area contributed by atoms with E-state index in [0.29, 0.717) is 38.2 Å². The number of anilines is 2. The monoisotopic (exact) mass is 447 g/mol. The topological polar surface area (TPSA) is 113 Å². The van der Waals surface area contributed by atoms with Gasteiger partial charge in [0.2, 0.25) is 5.43 Å². The normalized spacial score (nSPS) is 21.5. The van der Waals surface area contributed by atoms with Crippen LogP contribution >= 0.6 is 0 Å². The minimum atomic E-state index is -1.47. The van der Waals surface area contributed by atoms with Crippen molar-refractivity contribution in [1.82, 2.24) is 9.47 Å². The molecule has 0 unspecified atom stereocenters. The second-order valence-corrected chi connectivity index (χ2v) is 8.96. The molecule has 2 saturated heterocycles. The second-order valence-electron chi connectivity index (χ2n) is 8.96. The fourth-order valence-corrected chi connectivity index (χ4v) is 5.15. The third-order valence-corrected chi connectivity index (χ3v) is 6.64. The van der Waals surface area contributed by atoms with Crippen molar-refractivity contribution in [2.45, 2.75) is 18.9 Å². The molecule has 5 rings (SSSR count). The number of nitrogens with two attached hydrogens (primary N) is 1. The largest absolute Gasteiger partial charge is 0.477 e. The molecule has 0 amide bonds. The molecule has 0 radical (unpaired) electrons. The summed E-state index contributed by atoms with van der Waals surface area (Å²) >= 11 is 0. The Hall–Kier alpha value is -3.21. The highest BCUT2D eigenvalue weighted by molar-refractivity contribution is 6.02. The van der Waals surface area contributed by atoms with E-state index in [-0.39, 0.29) is 29.2 Å². The van der Waals surface area contributed by atoms with Crippen LogP contribution in [0.5, 0.6) is 0 Å². The molecule has 1 aliphatic carbocycles. The summed E-state index contributed by atoms with van der Waals surface area (Å²) in [5.41, 5.74) is 3.73. The molecule has 1 aromatic carbocycles. The highest BCUT2D eigenvalue weighted by atomic mass is 19.1. The molecular formula is C21H23F2N5O4. The van der Waals surface area contributed by atoms with Crippen LogP contribution < -0.4 is 16.1 Å². The lowest BCUT2D eigenvalue weighted by atomic mass is 9.78. The molecule has 1 aromatic heterocycles. The Morgan fingerprint density at radius 1 is 1.28 bits per heavy atom. The van der Waals surface area contributed by atoms with Crippen molar-refractivity contribution in [2.24, 2.45) is 10.6 Å². The van der Waals surface area contributed by atoms with Crippen LogP contribution in [0, 0.1) is 17.0 Å². The summed E-state index contributed by atoms with van der Waals surface area (Å²) in [6.07, 6.45) is 2.54. The molecule has 3 heterocycles. The number of aromatic nitrogens is 1. The molecule has 1 spiro atoms. The van der Waals surface area contributed by atoms with E-state index in [0.717, 1.165) is 6.20 Å². The van der Waals surface area contributed by atoms with Gasteiger partial charge in [0.1, 0.15) is 18.4 Å². The summed E-state index contributed by atoms with van der Waals surface area (Å²) in [4.78, 5) is 33.0. The Labute approximate surface area is 181 Å². The number of hydrogen-bond donors (Lipinski definition) is 2. The first kappa shape index (κ1) is 20.7. The van der Waals surface area contributed by atoms with Crippen molar-refractivity contribution in [3.05, 3.63) is 33.6 Å². The van der Waals surface area contributed by atoms with Gasteiger partial charge in [-0.25, -0.2) is 13.6 Å². The number of carboxylic acid groups (broad SMARTS) is 1. The van der Waals surface area contributed by atoms with E-state index < -0.39 is 39.7 Å². The van der Waals surface area contributed by atoms with Crippen LogP contribution in [0.2, 0.25) is 0 Å². The lowest BCUT2D eigenvalue weighted by molar-refractivity contribution is 0.0694. The zero-order valence-corrected chi connectivity index (χ0v) is 17.7. The first-order valence-electron chi connectivity index (χ1n) is 10.3. The Morgan fingerprint density at radius 3 is 2.53 bits per heavy atom. The van der Waals surface area contributed by atoms with E-state index in [4.69, 9.17) is 10.6 Å². The number of benzene rings is 1. The zero-order chi connectivity index (χ0) is 22.9. The maximum Gasteiger partial charge on any atom is 0.341 e. The molecule has 11 heteroatoms. The van der Waals surface area contributed by atoms with Crippen LogP contribution in [0.25, 0.3) is 10.9 Å². The number of fused-ring (bicyclic) bond motifs is 1. The average Bonchev–Trinajstić information content (AvgIpc) is 3.49. The number of likely N-dealkylation sites (tertiary alicyclic amines) is 1. The van der Waals surface area contributed by atoms with Gasteiger partial charge in [0.05, 0.1) is 34.3 Å². The summed E-state index contributed by atoms with van der Waals surface area (Å²) in [7, 11) is 3.37. The van der Waals surface area contributed by atoms with Crippen molar-refractivity contribution in [3.8, 4) is 0 Å². The van der Waals surface area contributed by atoms with Crippen molar-refractivity contribution < 1.29 is 23.5 Å². The van der Waals surface area contributed by atoms with E-state index in [9.17, 15) is 14.7 Å². The number of carboxylic acids is 1. The average molecular weight is 447 g/mol. The quantitative estimate of drug-likeness (QED) is 0.541. The molecule has 32 heavy (non-hydrogen) atoms. The third-order valence-electron chi connectivity index (χ3n) is 6.64. The summed E-state index contributed by atoms with van der Waals surface area (Å²) < 4.78 is 32.9. The predicted octanol–water partition coefficient (Wildman–Crippen LogP) is 1.65. The van der Waals surface area contributed by atoms with Crippen LogP contribution in [0.1, 0.15) is 29.2 Å². The number of oxime groups is 1. The van der Waals surface area contributed by atoms with Crippen LogP contribution in [-0.4, -0.2) is 66.6 Å². The molecule has 1 saturated carbocycles. The Morgan fingerprint density at radius 2 is 1.97 bits per heavy atom. The molecular weight excluding hydrogens is 424 g/mol. The van der Waals surface area contributed by atoms with Crippen molar-refractivity contribution in [1.29, 1.82) is 0 Å². The van der Waals surface area contributed by atoms with Gasteiger partial charge in [-0.05, 0) is 19.9 Å². The maximum absolute atomic E-state index is 16.0.